The van der Waals surface area contributed by atoms with Gasteiger partial charge < -0.3 is 9.80 Å². The number of aryl methyl sites for hydroxylation is 2. The van der Waals surface area contributed by atoms with Crippen molar-refractivity contribution in [1.29, 1.82) is 0 Å². The van der Waals surface area contributed by atoms with E-state index in [2.05, 4.69) is 212 Å². The molecule has 0 bridgehead atoms. The minimum atomic E-state index is -0.00396. The molecule has 0 spiro atoms. The third-order valence-electron chi connectivity index (χ3n) is 18.5. The van der Waals surface area contributed by atoms with Gasteiger partial charge in [-0.15, -0.1) is 11.3 Å². The average molecular weight is 905 g/mol. The maximum Gasteiger partial charge on any atom is 0.264 e. The first-order valence-electron chi connectivity index (χ1n) is 26.0. The molecule has 3 heterocycles. The van der Waals surface area contributed by atoms with Crippen molar-refractivity contribution in [3.8, 4) is 0 Å². The second kappa shape index (κ2) is 14.2. The Hall–Kier alpha value is -4.28. The van der Waals surface area contributed by atoms with Crippen molar-refractivity contribution in [2.45, 2.75) is 201 Å². The lowest BCUT2D eigenvalue weighted by Crippen LogP contribution is -2.60. The van der Waals surface area contributed by atoms with Crippen molar-refractivity contribution in [2.24, 2.45) is 0 Å². The van der Waals surface area contributed by atoms with Gasteiger partial charge in [-0.3, -0.25) is 0 Å². The lowest BCUT2D eigenvalue weighted by molar-refractivity contribution is 0.332. The predicted octanol–water partition coefficient (Wildman–Crippen LogP) is 16.2. The van der Waals surface area contributed by atoms with Crippen molar-refractivity contribution < 1.29 is 0 Å². The van der Waals surface area contributed by atoms with Crippen LogP contribution in [0.15, 0.2) is 72.8 Å². The zero-order valence-corrected chi connectivity index (χ0v) is 45.1. The van der Waals surface area contributed by atoms with Gasteiger partial charge in [0.25, 0.3) is 6.71 Å². The van der Waals surface area contributed by atoms with Crippen molar-refractivity contribution >= 4 is 78.0 Å². The standard InChI is InChI=1S/C63H77BN2S/c1-18-38-30-51-54-52(31-38)66(50-35-46-43(29-37(50)2)59(8,9)25-27-62(46,14)15)49-22-19-39(57(3,4)5)32-48(49)64(54)56-55(41-34-45-47(36-53(41)67-56)63(16,17)28-26-61(45,12)13)65(51)40-20-21-42-44(33-40)60(10,11)24-23-58(42,6)7/h19-22,29-36H,18,23-28H2,1-17H3. The molecule has 6 aromatic rings. The van der Waals surface area contributed by atoms with Crippen LogP contribution in [0.1, 0.15) is 199 Å². The molecule has 0 N–H and O–H groups in total. The molecule has 0 amide bonds. The van der Waals surface area contributed by atoms with Crippen molar-refractivity contribution in [3.05, 3.63) is 123 Å². The number of rotatable bonds is 3. The Labute approximate surface area is 409 Å². The Balaban J connectivity index is 1.28. The van der Waals surface area contributed by atoms with Gasteiger partial charge in [-0.05, 0) is 199 Å². The van der Waals surface area contributed by atoms with Crippen LogP contribution < -0.4 is 25.5 Å². The van der Waals surface area contributed by atoms with Crippen LogP contribution in [0.3, 0.4) is 0 Å². The number of thiophene rings is 1. The van der Waals surface area contributed by atoms with Crippen LogP contribution in [0.25, 0.3) is 10.1 Å². The summed E-state index contributed by atoms with van der Waals surface area (Å²) >= 11 is 2.08. The molecule has 4 heteroatoms. The third kappa shape index (κ3) is 6.59. The van der Waals surface area contributed by atoms with E-state index in [9.17, 15) is 0 Å². The van der Waals surface area contributed by atoms with Crippen LogP contribution >= 0.6 is 11.3 Å². The molecule has 1 aromatic heterocycles. The Morgan fingerprint density at radius 3 is 1.60 bits per heavy atom. The summed E-state index contributed by atoms with van der Waals surface area (Å²) < 4.78 is 2.91. The number of anilines is 6. The van der Waals surface area contributed by atoms with Crippen LogP contribution in [0.4, 0.5) is 34.1 Å². The summed E-state index contributed by atoms with van der Waals surface area (Å²) in [6.07, 6.45) is 8.19. The molecular weight excluding hydrogens is 828 g/mol. The predicted molar refractivity (Wildman–Crippen MR) is 295 cm³/mol. The molecule has 3 aliphatic carbocycles. The fraction of sp³-hybridized carbons (Fsp3) is 0.492. The van der Waals surface area contributed by atoms with Crippen LogP contribution in [0.2, 0.25) is 0 Å². The van der Waals surface area contributed by atoms with E-state index in [0.29, 0.717) is 0 Å². The number of hydrogen-bond donors (Lipinski definition) is 0. The van der Waals surface area contributed by atoms with Crippen molar-refractivity contribution in [2.75, 3.05) is 9.80 Å². The molecule has 0 unspecified atom stereocenters. The zero-order valence-electron chi connectivity index (χ0n) is 44.3. The molecule has 0 fully saturated rings. The lowest BCUT2D eigenvalue weighted by atomic mass is 9.36. The molecular formula is C63H77BN2S. The largest absolute Gasteiger partial charge is 0.311 e. The SMILES string of the molecule is CCc1cc2c3c(c1)N(c1ccc4c(c1)C(C)(C)CCC4(C)C)c1c(sc4cc5c(cc14)C(C)(C)CCC5(C)C)B3c1cc(C(C)(C)C)ccc1N2c1cc2c(cc1C)C(C)(C)CCC2(C)C. The molecule has 2 aliphatic heterocycles. The van der Waals surface area contributed by atoms with Gasteiger partial charge in [-0.1, -0.05) is 135 Å². The van der Waals surface area contributed by atoms with Gasteiger partial charge in [0.05, 0.1) is 5.69 Å². The van der Waals surface area contributed by atoms with Gasteiger partial charge in [0.2, 0.25) is 0 Å². The molecule has 0 radical (unpaired) electrons. The molecule has 0 saturated heterocycles. The van der Waals surface area contributed by atoms with E-state index in [-0.39, 0.29) is 44.6 Å². The first kappa shape index (κ1) is 45.2. The van der Waals surface area contributed by atoms with E-state index in [4.69, 9.17) is 0 Å². The van der Waals surface area contributed by atoms with Gasteiger partial charge in [0.1, 0.15) is 0 Å². The highest BCUT2D eigenvalue weighted by molar-refractivity contribution is 7.33. The van der Waals surface area contributed by atoms with E-state index >= 15 is 0 Å². The maximum atomic E-state index is 2.77. The van der Waals surface area contributed by atoms with Crippen LogP contribution in [-0.2, 0) is 44.3 Å². The van der Waals surface area contributed by atoms with Crippen LogP contribution in [0, 0.1) is 6.92 Å². The first-order chi connectivity index (χ1) is 31.1. The quantitative estimate of drug-likeness (QED) is 0.163. The molecule has 67 heavy (non-hydrogen) atoms. The number of benzene rings is 5. The second-order valence-corrected chi connectivity index (χ2v) is 28.0. The Kier molecular flexibility index (Phi) is 9.56. The van der Waals surface area contributed by atoms with E-state index < -0.39 is 0 Å². The molecule has 5 aromatic carbocycles. The summed E-state index contributed by atoms with van der Waals surface area (Å²) in [5.41, 5.74) is 24.9. The number of hydrogen-bond acceptors (Lipinski definition) is 3. The van der Waals surface area contributed by atoms with Gasteiger partial charge in [0, 0.05) is 43.3 Å². The normalized spacial score (nSPS) is 20.9. The Morgan fingerprint density at radius 2 is 1.03 bits per heavy atom. The molecule has 11 rings (SSSR count). The summed E-state index contributed by atoms with van der Waals surface area (Å²) in [5, 5.41) is 1.42. The van der Waals surface area contributed by atoms with Gasteiger partial charge >= 0.3 is 0 Å². The topological polar surface area (TPSA) is 6.48 Å². The summed E-state index contributed by atoms with van der Waals surface area (Å²) in [5.74, 6) is 0. The zero-order chi connectivity index (χ0) is 47.9. The van der Waals surface area contributed by atoms with E-state index in [0.717, 1.165) is 6.42 Å². The first-order valence-corrected chi connectivity index (χ1v) is 26.8. The monoisotopic (exact) mass is 905 g/mol. The smallest absolute Gasteiger partial charge is 0.264 e. The fourth-order valence-corrected chi connectivity index (χ4v) is 14.8. The highest BCUT2D eigenvalue weighted by Gasteiger charge is 2.48. The molecule has 5 aliphatic rings. The molecule has 348 valence electrons. The van der Waals surface area contributed by atoms with Crippen molar-refractivity contribution in [1.82, 2.24) is 0 Å². The lowest BCUT2D eigenvalue weighted by Gasteiger charge is -2.46. The Morgan fingerprint density at radius 1 is 0.522 bits per heavy atom. The molecule has 2 nitrogen and oxygen atoms in total. The minimum Gasteiger partial charge on any atom is -0.311 e. The second-order valence-electron chi connectivity index (χ2n) is 27.0. The summed E-state index contributed by atoms with van der Waals surface area (Å²) in [6, 6.07) is 30.9. The highest BCUT2D eigenvalue weighted by Crippen LogP contribution is 2.56. The third-order valence-corrected chi connectivity index (χ3v) is 19.7. The number of fused-ring (bicyclic) bond motifs is 9. The minimum absolute atomic E-state index is 0.00396. The molecule has 0 saturated carbocycles. The van der Waals surface area contributed by atoms with Crippen LogP contribution in [0.5, 0.6) is 0 Å². The van der Waals surface area contributed by atoms with Gasteiger partial charge in [0.15, 0.2) is 0 Å². The summed E-state index contributed by atoms with van der Waals surface area (Å²) in [6.45, 7) is 41.8. The Bertz CT molecular complexity index is 3090. The fourth-order valence-electron chi connectivity index (χ4n) is 13.5. The van der Waals surface area contributed by atoms with Crippen molar-refractivity contribution in [3.63, 3.8) is 0 Å². The molecule has 0 atom stereocenters. The number of nitrogens with zero attached hydrogens (tertiary/aromatic N) is 2. The van der Waals surface area contributed by atoms with Gasteiger partial charge in [-0.2, -0.15) is 0 Å². The van der Waals surface area contributed by atoms with E-state index in [1.807, 2.05) is 0 Å². The average Bonchev–Trinajstić information content (AvgIpc) is 3.63. The van der Waals surface area contributed by atoms with Crippen LogP contribution in [-0.4, -0.2) is 6.71 Å². The van der Waals surface area contributed by atoms with E-state index in [1.54, 1.807) is 5.56 Å². The highest BCUT2D eigenvalue weighted by atomic mass is 32.1. The van der Waals surface area contributed by atoms with Gasteiger partial charge in [-0.25, -0.2) is 0 Å². The van der Waals surface area contributed by atoms with E-state index in [1.165, 1.54) is 143 Å². The maximum absolute atomic E-state index is 2.77. The summed E-state index contributed by atoms with van der Waals surface area (Å²) in [4.78, 5) is 5.50. The summed E-state index contributed by atoms with van der Waals surface area (Å²) in [7, 11) is 0.